The quantitative estimate of drug-likeness (QED) is 0.770. The lowest BCUT2D eigenvalue weighted by molar-refractivity contribution is 0.562. The summed E-state index contributed by atoms with van der Waals surface area (Å²) in [4.78, 5) is 0.216. The van der Waals surface area contributed by atoms with Crippen molar-refractivity contribution in [2.45, 2.75) is 11.8 Å². The SMILES string of the molecule is CSCC(C)CNS(=O)(=O)c1ccc(N)cc1Br. The Morgan fingerprint density at radius 1 is 1.50 bits per heavy atom. The van der Waals surface area contributed by atoms with Crippen molar-refractivity contribution < 1.29 is 8.42 Å². The topological polar surface area (TPSA) is 72.2 Å². The molecule has 0 bridgehead atoms. The van der Waals surface area contributed by atoms with Crippen molar-refractivity contribution >= 4 is 43.4 Å². The predicted octanol–water partition coefficient (Wildman–Crippen LogP) is 2.31. The van der Waals surface area contributed by atoms with E-state index in [4.69, 9.17) is 5.73 Å². The minimum atomic E-state index is -3.48. The van der Waals surface area contributed by atoms with Crippen LogP contribution in [0.1, 0.15) is 6.92 Å². The Kier molecular flexibility index (Phi) is 5.97. The number of nitrogens with two attached hydrogens (primary N) is 1. The van der Waals surface area contributed by atoms with Crippen LogP contribution in [0.5, 0.6) is 0 Å². The number of benzene rings is 1. The molecule has 1 aromatic carbocycles. The highest BCUT2D eigenvalue weighted by atomic mass is 79.9. The van der Waals surface area contributed by atoms with E-state index in [9.17, 15) is 8.42 Å². The fraction of sp³-hybridized carbons (Fsp3) is 0.455. The van der Waals surface area contributed by atoms with Gasteiger partial charge >= 0.3 is 0 Å². The lowest BCUT2D eigenvalue weighted by Crippen LogP contribution is -2.29. The molecule has 0 saturated carbocycles. The Balaban J connectivity index is 2.80. The summed E-state index contributed by atoms with van der Waals surface area (Å²) in [6.07, 6.45) is 2.00. The second-order valence-electron chi connectivity index (χ2n) is 4.10. The van der Waals surface area contributed by atoms with Gasteiger partial charge < -0.3 is 5.73 Å². The van der Waals surface area contributed by atoms with E-state index >= 15 is 0 Å². The fourth-order valence-corrected chi connectivity index (χ4v) is 4.35. The molecule has 1 aromatic rings. The van der Waals surface area contributed by atoms with E-state index in [-0.39, 0.29) is 4.90 Å². The van der Waals surface area contributed by atoms with E-state index in [0.29, 0.717) is 22.6 Å². The molecule has 0 heterocycles. The molecule has 18 heavy (non-hydrogen) atoms. The van der Waals surface area contributed by atoms with Gasteiger partial charge in [-0.25, -0.2) is 13.1 Å². The Hall–Kier alpha value is -0.240. The summed E-state index contributed by atoms with van der Waals surface area (Å²) in [6.45, 7) is 2.44. The molecule has 1 atom stereocenters. The Bertz CT molecular complexity index is 506. The average Bonchev–Trinajstić information content (AvgIpc) is 2.26. The second-order valence-corrected chi connectivity index (χ2v) is 7.60. The van der Waals surface area contributed by atoms with Crippen LogP contribution in [-0.2, 0) is 10.0 Å². The van der Waals surface area contributed by atoms with E-state index in [2.05, 4.69) is 20.7 Å². The third kappa shape index (κ3) is 4.46. The molecule has 0 spiro atoms. The summed E-state index contributed by atoms with van der Waals surface area (Å²) in [7, 11) is -3.48. The maximum Gasteiger partial charge on any atom is 0.241 e. The molecule has 0 radical (unpaired) electrons. The van der Waals surface area contributed by atoms with Crippen molar-refractivity contribution in [3.8, 4) is 0 Å². The summed E-state index contributed by atoms with van der Waals surface area (Å²) < 4.78 is 27.3. The van der Waals surface area contributed by atoms with Crippen LogP contribution < -0.4 is 10.5 Å². The van der Waals surface area contributed by atoms with Crippen molar-refractivity contribution in [3.05, 3.63) is 22.7 Å². The third-order valence-corrected chi connectivity index (χ3v) is 5.62. The van der Waals surface area contributed by atoms with Crippen molar-refractivity contribution in [1.29, 1.82) is 0 Å². The van der Waals surface area contributed by atoms with Crippen LogP contribution >= 0.6 is 27.7 Å². The van der Waals surface area contributed by atoms with E-state index in [1.807, 2.05) is 13.2 Å². The predicted molar refractivity (Wildman–Crippen MR) is 81.3 cm³/mol. The first-order chi connectivity index (χ1) is 8.36. The zero-order valence-corrected chi connectivity index (χ0v) is 13.5. The van der Waals surface area contributed by atoms with E-state index in [1.54, 1.807) is 23.9 Å². The van der Waals surface area contributed by atoms with Gasteiger partial charge in [-0.05, 0) is 52.1 Å². The first-order valence-electron chi connectivity index (χ1n) is 5.40. The molecule has 0 amide bonds. The summed E-state index contributed by atoms with van der Waals surface area (Å²) >= 11 is 4.92. The van der Waals surface area contributed by atoms with Gasteiger partial charge in [0.05, 0.1) is 4.90 Å². The summed E-state index contributed by atoms with van der Waals surface area (Å²) in [6, 6.07) is 4.66. The standard InChI is InChI=1S/C11H17BrN2O2S2/c1-8(7-17-2)6-14-18(15,16)11-4-3-9(13)5-10(11)12/h3-5,8,14H,6-7,13H2,1-2H3. The molecule has 7 heteroatoms. The van der Waals surface area contributed by atoms with E-state index in [0.717, 1.165) is 5.75 Å². The molecule has 1 rings (SSSR count). The number of sulfonamides is 1. The van der Waals surface area contributed by atoms with Crippen molar-refractivity contribution in [2.24, 2.45) is 5.92 Å². The zero-order valence-electron chi connectivity index (χ0n) is 10.3. The van der Waals surface area contributed by atoms with Crippen LogP contribution in [0.3, 0.4) is 0 Å². The number of halogens is 1. The third-order valence-electron chi connectivity index (χ3n) is 2.32. The Morgan fingerprint density at radius 2 is 2.17 bits per heavy atom. The second kappa shape index (κ2) is 6.79. The highest BCUT2D eigenvalue weighted by molar-refractivity contribution is 9.10. The first-order valence-corrected chi connectivity index (χ1v) is 9.07. The molecule has 0 fully saturated rings. The van der Waals surface area contributed by atoms with Gasteiger partial charge in [-0.1, -0.05) is 6.92 Å². The van der Waals surface area contributed by atoms with Gasteiger partial charge in [0.1, 0.15) is 0 Å². The highest BCUT2D eigenvalue weighted by Crippen LogP contribution is 2.24. The van der Waals surface area contributed by atoms with Crippen LogP contribution in [0.25, 0.3) is 0 Å². The van der Waals surface area contributed by atoms with Gasteiger partial charge in [-0.3, -0.25) is 0 Å². The van der Waals surface area contributed by atoms with Gasteiger partial charge in [0.15, 0.2) is 0 Å². The number of anilines is 1. The average molecular weight is 353 g/mol. The molecule has 0 saturated heterocycles. The van der Waals surface area contributed by atoms with Crippen molar-refractivity contribution in [3.63, 3.8) is 0 Å². The lowest BCUT2D eigenvalue weighted by Gasteiger charge is -2.12. The van der Waals surface area contributed by atoms with Crippen LogP contribution in [-0.4, -0.2) is 27.0 Å². The largest absolute Gasteiger partial charge is 0.399 e. The number of thioether (sulfide) groups is 1. The molecule has 0 aromatic heterocycles. The van der Waals surface area contributed by atoms with Crippen LogP contribution in [0.4, 0.5) is 5.69 Å². The first kappa shape index (κ1) is 15.8. The molecule has 0 aliphatic heterocycles. The highest BCUT2D eigenvalue weighted by Gasteiger charge is 2.18. The van der Waals surface area contributed by atoms with Crippen molar-refractivity contribution in [2.75, 3.05) is 24.3 Å². The maximum absolute atomic E-state index is 12.1. The molecule has 4 nitrogen and oxygen atoms in total. The molecular formula is C11H17BrN2O2S2. The molecule has 1 unspecified atom stereocenters. The van der Waals surface area contributed by atoms with Crippen LogP contribution in [0, 0.1) is 5.92 Å². The molecule has 102 valence electrons. The van der Waals surface area contributed by atoms with E-state index in [1.165, 1.54) is 6.07 Å². The van der Waals surface area contributed by atoms with Gasteiger partial charge in [0.2, 0.25) is 10.0 Å². The fourth-order valence-electron chi connectivity index (χ4n) is 1.41. The van der Waals surface area contributed by atoms with Crippen molar-refractivity contribution in [1.82, 2.24) is 4.72 Å². The molecule has 3 N–H and O–H groups in total. The smallest absolute Gasteiger partial charge is 0.241 e. The number of rotatable bonds is 6. The monoisotopic (exact) mass is 352 g/mol. The summed E-state index contributed by atoms with van der Waals surface area (Å²) in [5.41, 5.74) is 6.11. The van der Waals surface area contributed by atoms with Crippen LogP contribution in [0.15, 0.2) is 27.6 Å². The minimum Gasteiger partial charge on any atom is -0.399 e. The molecule has 0 aliphatic carbocycles. The van der Waals surface area contributed by atoms with Gasteiger partial charge in [-0.15, -0.1) is 0 Å². The summed E-state index contributed by atoms with van der Waals surface area (Å²) in [5, 5.41) is 0. The van der Waals surface area contributed by atoms with Gasteiger partial charge in [-0.2, -0.15) is 11.8 Å². The Morgan fingerprint density at radius 3 is 2.72 bits per heavy atom. The number of nitrogens with one attached hydrogen (secondary N) is 1. The molecular weight excluding hydrogens is 336 g/mol. The minimum absolute atomic E-state index is 0.216. The number of hydrogen-bond acceptors (Lipinski definition) is 4. The van der Waals surface area contributed by atoms with Crippen LogP contribution in [0.2, 0.25) is 0 Å². The Labute approximate surface area is 121 Å². The van der Waals surface area contributed by atoms with Gasteiger partial charge in [0, 0.05) is 16.7 Å². The number of nitrogen functional groups attached to an aromatic ring is 1. The summed E-state index contributed by atoms with van der Waals surface area (Å²) in [5.74, 6) is 1.22. The molecule has 0 aliphatic rings. The lowest BCUT2D eigenvalue weighted by atomic mass is 10.2. The zero-order chi connectivity index (χ0) is 13.8. The van der Waals surface area contributed by atoms with E-state index < -0.39 is 10.0 Å². The normalized spacial score (nSPS) is 13.5. The number of hydrogen-bond donors (Lipinski definition) is 2. The van der Waals surface area contributed by atoms with Gasteiger partial charge in [0.25, 0.3) is 0 Å². The maximum atomic E-state index is 12.1.